The fraction of sp³-hybridized carbons (Fsp3) is 0.125. The molecule has 4 rings (SSSR count). The number of pyridine rings is 1. The molecular formula is C24H20ClFN6O2S. The Bertz CT molecular complexity index is 1310. The molecule has 4 aromatic rings. The third-order valence-corrected chi connectivity index (χ3v) is 5.93. The predicted molar refractivity (Wildman–Crippen MR) is 134 cm³/mol. The first-order valence-corrected chi connectivity index (χ1v) is 11.9. The van der Waals surface area contributed by atoms with E-state index in [0.29, 0.717) is 17.6 Å². The largest absolute Gasteiger partial charge is 0.494 e. The minimum Gasteiger partial charge on any atom is -0.494 e. The van der Waals surface area contributed by atoms with E-state index in [1.807, 2.05) is 47.9 Å². The maximum Gasteiger partial charge on any atom is 0.250 e. The van der Waals surface area contributed by atoms with E-state index in [2.05, 4.69) is 25.7 Å². The zero-order chi connectivity index (χ0) is 24.6. The van der Waals surface area contributed by atoms with Gasteiger partial charge in [-0.2, -0.15) is 5.10 Å². The van der Waals surface area contributed by atoms with Crippen LogP contribution >= 0.6 is 23.4 Å². The van der Waals surface area contributed by atoms with Gasteiger partial charge in [-0.1, -0.05) is 29.4 Å². The van der Waals surface area contributed by atoms with Crippen LogP contribution in [0.1, 0.15) is 12.5 Å². The molecule has 0 atom stereocenters. The molecule has 2 heterocycles. The number of hydrazone groups is 1. The minimum absolute atomic E-state index is 0.00451. The lowest BCUT2D eigenvalue weighted by molar-refractivity contribution is -0.118. The summed E-state index contributed by atoms with van der Waals surface area (Å²) in [7, 11) is 0. The van der Waals surface area contributed by atoms with Crippen molar-refractivity contribution in [1.29, 1.82) is 0 Å². The van der Waals surface area contributed by atoms with Gasteiger partial charge in [0.25, 0.3) is 5.91 Å². The van der Waals surface area contributed by atoms with Gasteiger partial charge in [-0.25, -0.2) is 9.82 Å². The first kappa shape index (κ1) is 24.4. The van der Waals surface area contributed by atoms with E-state index in [-0.39, 0.29) is 16.3 Å². The molecular weight excluding hydrogens is 491 g/mol. The second-order valence-corrected chi connectivity index (χ2v) is 8.38. The van der Waals surface area contributed by atoms with Crippen molar-refractivity contribution in [2.24, 2.45) is 5.10 Å². The molecule has 0 aliphatic heterocycles. The maximum absolute atomic E-state index is 13.8. The summed E-state index contributed by atoms with van der Waals surface area (Å²) < 4.78 is 21.2. The summed E-state index contributed by atoms with van der Waals surface area (Å²) in [5.74, 6) is 0.398. The van der Waals surface area contributed by atoms with Gasteiger partial charge in [0.15, 0.2) is 11.0 Å². The number of ether oxygens (including phenoxy) is 1. The van der Waals surface area contributed by atoms with Gasteiger partial charge in [-0.15, -0.1) is 10.2 Å². The zero-order valence-electron chi connectivity index (χ0n) is 18.6. The average Bonchev–Trinajstić information content (AvgIpc) is 3.30. The first-order chi connectivity index (χ1) is 17.1. The Morgan fingerprint density at radius 1 is 1.20 bits per heavy atom. The number of rotatable bonds is 9. The molecule has 0 saturated carbocycles. The summed E-state index contributed by atoms with van der Waals surface area (Å²) in [6.45, 7) is 2.48. The Kier molecular flexibility index (Phi) is 8.07. The van der Waals surface area contributed by atoms with Crippen molar-refractivity contribution in [3.63, 3.8) is 0 Å². The van der Waals surface area contributed by atoms with E-state index in [1.54, 1.807) is 12.4 Å². The number of nitrogens with zero attached hydrogens (tertiary/aromatic N) is 5. The van der Waals surface area contributed by atoms with Gasteiger partial charge >= 0.3 is 0 Å². The molecule has 1 N–H and O–H groups in total. The van der Waals surface area contributed by atoms with E-state index < -0.39 is 11.7 Å². The van der Waals surface area contributed by atoms with E-state index in [1.165, 1.54) is 36.2 Å². The van der Waals surface area contributed by atoms with E-state index in [4.69, 9.17) is 16.3 Å². The Morgan fingerprint density at radius 3 is 2.74 bits per heavy atom. The molecule has 0 unspecified atom stereocenters. The summed E-state index contributed by atoms with van der Waals surface area (Å²) >= 11 is 7.15. The molecule has 8 nitrogen and oxygen atoms in total. The molecule has 1 amide bonds. The second kappa shape index (κ2) is 11.6. The fourth-order valence-electron chi connectivity index (χ4n) is 3.10. The Labute approximate surface area is 210 Å². The number of hydrogen-bond donors (Lipinski definition) is 1. The molecule has 0 aliphatic rings. The van der Waals surface area contributed by atoms with Crippen LogP contribution in [0.3, 0.4) is 0 Å². The number of carbonyl (C=O) groups is 1. The van der Waals surface area contributed by atoms with Crippen LogP contribution in [0, 0.1) is 5.82 Å². The summed E-state index contributed by atoms with van der Waals surface area (Å²) in [6.07, 6.45) is 4.54. The van der Waals surface area contributed by atoms with Crippen LogP contribution in [-0.2, 0) is 4.79 Å². The first-order valence-electron chi connectivity index (χ1n) is 10.5. The molecule has 0 fully saturated rings. The Morgan fingerprint density at radius 2 is 2.03 bits per heavy atom. The van der Waals surface area contributed by atoms with Gasteiger partial charge in [-0.3, -0.25) is 14.3 Å². The van der Waals surface area contributed by atoms with Crippen LogP contribution in [0.5, 0.6) is 5.75 Å². The number of thioether (sulfide) groups is 1. The normalized spacial score (nSPS) is 11.1. The van der Waals surface area contributed by atoms with Crippen molar-refractivity contribution in [2.45, 2.75) is 12.1 Å². The van der Waals surface area contributed by atoms with Crippen molar-refractivity contribution in [3.8, 4) is 22.8 Å². The third-order valence-electron chi connectivity index (χ3n) is 4.67. The number of benzene rings is 2. The van der Waals surface area contributed by atoms with Gasteiger partial charge in [0.05, 0.1) is 23.6 Å². The van der Waals surface area contributed by atoms with Gasteiger partial charge < -0.3 is 4.74 Å². The predicted octanol–water partition coefficient (Wildman–Crippen LogP) is 4.76. The van der Waals surface area contributed by atoms with Crippen molar-refractivity contribution in [1.82, 2.24) is 25.2 Å². The van der Waals surface area contributed by atoms with Crippen molar-refractivity contribution >= 4 is 35.5 Å². The fourth-order valence-corrected chi connectivity index (χ4v) is 4.06. The van der Waals surface area contributed by atoms with Gasteiger partial charge in [0.1, 0.15) is 11.6 Å². The summed E-state index contributed by atoms with van der Waals surface area (Å²) in [5, 5.41) is 13.1. The molecule has 0 spiro atoms. The minimum atomic E-state index is -0.531. The highest BCUT2D eigenvalue weighted by Gasteiger charge is 2.17. The second-order valence-electron chi connectivity index (χ2n) is 7.03. The SMILES string of the molecule is CCOc1ccc(-n2c(SCC(=O)NN=Cc3c(F)cccc3Cl)nnc2-c2cccnc2)cc1. The highest BCUT2D eigenvalue weighted by Crippen LogP contribution is 2.28. The molecule has 178 valence electrons. The number of amides is 1. The number of nitrogens with one attached hydrogen (secondary N) is 1. The number of hydrogen-bond acceptors (Lipinski definition) is 7. The van der Waals surface area contributed by atoms with Gasteiger partial charge in [-0.05, 0) is 55.5 Å². The van der Waals surface area contributed by atoms with Crippen LogP contribution in [0.2, 0.25) is 5.02 Å². The number of aromatic nitrogens is 4. The topological polar surface area (TPSA) is 94.3 Å². The monoisotopic (exact) mass is 510 g/mol. The smallest absolute Gasteiger partial charge is 0.250 e. The van der Waals surface area contributed by atoms with E-state index in [9.17, 15) is 9.18 Å². The van der Waals surface area contributed by atoms with Crippen LogP contribution in [0.15, 0.2) is 77.2 Å². The van der Waals surface area contributed by atoms with Crippen LogP contribution in [0.4, 0.5) is 4.39 Å². The van der Waals surface area contributed by atoms with Crippen LogP contribution < -0.4 is 10.2 Å². The summed E-state index contributed by atoms with van der Waals surface area (Å²) in [6, 6.07) is 15.5. The average molecular weight is 511 g/mol. The van der Waals surface area contributed by atoms with E-state index in [0.717, 1.165) is 17.0 Å². The van der Waals surface area contributed by atoms with Crippen molar-refractivity contribution < 1.29 is 13.9 Å². The molecule has 2 aromatic heterocycles. The molecule has 0 radical (unpaired) electrons. The summed E-state index contributed by atoms with van der Waals surface area (Å²) in [4.78, 5) is 16.5. The molecule has 2 aromatic carbocycles. The van der Waals surface area contributed by atoms with E-state index >= 15 is 0 Å². The zero-order valence-corrected chi connectivity index (χ0v) is 20.1. The standard InChI is InChI=1S/C24H20ClFN6O2S/c1-2-34-18-10-8-17(9-11-18)32-23(16-5-4-12-27-13-16)30-31-24(32)35-15-22(33)29-28-14-19-20(25)6-3-7-21(19)26/h3-14H,2,15H2,1H3,(H,29,33). The molecule has 0 bridgehead atoms. The molecule has 0 aliphatic carbocycles. The van der Waals surface area contributed by atoms with Crippen molar-refractivity contribution in [3.05, 3.63) is 83.4 Å². The molecule has 11 heteroatoms. The van der Waals surface area contributed by atoms with Gasteiger partial charge in [0, 0.05) is 29.2 Å². The molecule has 35 heavy (non-hydrogen) atoms. The summed E-state index contributed by atoms with van der Waals surface area (Å²) in [5.41, 5.74) is 4.04. The quantitative estimate of drug-likeness (QED) is 0.198. The lowest BCUT2D eigenvalue weighted by Crippen LogP contribution is -2.20. The lowest BCUT2D eigenvalue weighted by atomic mass is 10.2. The van der Waals surface area contributed by atoms with Crippen LogP contribution in [-0.4, -0.2) is 44.2 Å². The Balaban J connectivity index is 1.52. The highest BCUT2D eigenvalue weighted by atomic mass is 35.5. The van der Waals surface area contributed by atoms with Crippen LogP contribution in [0.25, 0.3) is 17.1 Å². The maximum atomic E-state index is 13.8. The lowest BCUT2D eigenvalue weighted by Gasteiger charge is -2.11. The number of halogens is 2. The number of carbonyl (C=O) groups excluding carboxylic acids is 1. The third kappa shape index (κ3) is 6.03. The van der Waals surface area contributed by atoms with Crippen molar-refractivity contribution in [2.75, 3.05) is 12.4 Å². The molecule has 0 saturated heterocycles. The van der Waals surface area contributed by atoms with Gasteiger partial charge in [0.2, 0.25) is 0 Å². The Hall–Kier alpha value is -3.76. The highest BCUT2D eigenvalue weighted by molar-refractivity contribution is 7.99.